The van der Waals surface area contributed by atoms with E-state index in [1.54, 1.807) is 0 Å². The molecule has 0 unspecified atom stereocenters. The van der Waals surface area contributed by atoms with Crippen LogP contribution in [0.1, 0.15) is 0 Å². The Balaban J connectivity index is 0.00000196. The molecule has 0 fully saturated rings. The fourth-order valence-electron chi connectivity index (χ4n) is 0.847. The van der Waals surface area contributed by atoms with Gasteiger partial charge in [-0.1, -0.05) is 0 Å². The molecule has 1 rings (SSSR count). The van der Waals surface area contributed by atoms with Gasteiger partial charge in [-0.05, 0) is 5.46 Å². The number of ether oxygens (including phenoxy) is 2. The predicted octanol–water partition coefficient (Wildman–Crippen LogP) is -2.45. The van der Waals surface area contributed by atoms with Crippen LogP contribution in [0.25, 0.3) is 0 Å². The molecule has 0 aliphatic rings. The van der Waals surface area contributed by atoms with Crippen molar-refractivity contribution < 1.29 is 73.8 Å². The molecule has 0 N–H and O–H groups in total. The maximum Gasteiger partial charge on any atom is 1.00 e. The predicted molar refractivity (Wildman–Crippen MR) is 43.8 cm³/mol. The van der Waals surface area contributed by atoms with Gasteiger partial charge in [0.05, 0.1) is 14.2 Å². The molecule has 1 heterocycles. The Morgan fingerprint density at radius 2 is 1.80 bits per heavy atom. The molecule has 4 nitrogen and oxygen atoms in total. The third kappa shape index (κ3) is 3.91. The number of aromatic nitrogens is 2. The Morgan fingerprint density at radius 1 is 1.20 bits per heavy atom. The standard InChI is InChI=1S/C6H7BF3N2O2.K/c1-13-5-4(7(8,9)10)3-11-6(12-5)14-2;/h3H,1-2H3;/q-1;+1. The Kier molecular flexibility index (Phi) is 6.11. The van der Waals surface area contributed by atoms with E-state index in [9.17, 15) is 12.9 Å². The molecule has 0 aromatic carbocycles. The molecule has 0 spiro atoms. The summed E-state index contributed by atoms with van der Waals surface area (Å²) in [6.07, 6.45) is 0.644. The van der Waals surface area contributed by atoms with E-state index in [-0.39, 0.29) is 57.4 Å². The minimum atomic E-state index is -5.16. The minimum Gasteiger partial charge on any atom is -0.483 e. The fourth-order valence-corrected chi connectivity index (χ4v) is 0.847. The van der Waals surface area contributed by atoms with Gasteiger partial charge in [-0.25, -0.2) is 4.98 Å². The number of methoxy groups -OCH3 is 2. The van der Waals surface area contributed by atoms with Gasteiger partial charge in [0, 0.05) is 6.20 Å². The fraction of sp³-hybridized carbons (Fsp3) is 0.333. The van der Waals surface area contributed by atoms with Crippen molar-refractivity contribution in [3.05, 3.63) is 6.20 Å². The molecular weight excluding hydrogens is 239 g/mol. The summed E-state index contributed by atoms with van der Waals surface area (Å²) in [5.41, 5.74) is -0.965. The molecular formula is C6H7BF3KN2O2. The molecule has 0 aliphatic heterocycles. The van der Waals surface area contributed by atoms with E-state index in [2.05, 4.69) is 19.4 Å². The average molecular weight is 246 g/mol. The molecule has 0 saturated carbocycles. The number of nitrogens with zero attached hydrogens (tertiary/aromatic N) is 2. The topological polar surface area (TPSA) is 44.2 Å². The van der Waals surface area contributed by atoms with Crippen molar-refractivity contribution in [2.24, 2.45) is 0 Å². The Hall–Kier alpha value is 0.171. The third-order valence-corrected chi connectivity index (χ3v) is 1.49. The average Bonchev–Trinajstić information content (AvgIpc) is 2.15. The van der Waals surface area contributed by atoms with Crippen LogP contribution < -0.4 is 66.3 Å². The van der Waals surface area contributed by atoms with Crippen molar-refractivity contribution in [2.45, 2.75) is 0 Å². The van der Waals surface area contributed by atoms with Crippen LogP contribution in [0.3, 0.4) is 0 Å². The first-order chi connectivity index (χ1) is 6.49. The first-order valence-electron chi connectivity index (χ1n) is 3.64. The molecule has 1 aromatic heterocycles. The van der Waals surface area contributed by atoms with Crippen molar-refractivity contribution in [3.63, 3.8) is 0 Å². The molecule has 0 bridgehead atoms. The van der Waals surface area contributed by atoms with E-state index in [1.165, 1.54) is 7.11 Å². The zero-order valence-electron chi connectivity index (χ0n) is 8.50. The van der Waals surface area contributed by atoms with Crippen molar-refractivity contribution in [2.75, 3.05) is 14.2 Å². The first-order valence-corrected chi connectivity index (χ1v) is 3.64. The summed E-state index contributed by atoms with van der Waals surface area (Å²) in [4.78, 5) is 6.77. The number of hydrogen-bond donors (Lipinski definition) is 0. The summed E-state index contributed by atoms with van der Waals surface area (Å²) in [6.45, 7) is -5.16. The molecule has 0 amide bonds. The number of halogens is 3. The molecule has 0 aliphatic carbocycles. The third-order valence-electron chi connectivity index (χ3n) is 1.49. The maximum atomic E-state index is 12.3. The minimum absolute atomic E-state index is 0. The van der Waals surface area contributed by atoms with Crippen molar-refractivity contribution in [1.29, 1.82) is 0 Å². The summed E-state index contributed by atoms with van der Waals surface area (Å²) in [6, 6.07) is -0.161. The Bertz CT molecular complexity index is 337. The van der Waals surface area contributed by atoms with Gasteiger partial charge in [-0.3, -0.25) is 0 Å². The van der Waals surface area contributed by atoms with Gasteiger partial charge in [0.25, 0.3) is 0 Å². The smallest absolute Gasteiger partial charge is 0.483 e. The second-order valence-electron chi connectivity index (χ2n) is 2.40. The van der Waals surface area contributed by atoms with Crippen LogP contribution in [0, 0.1) is 0 Å². The number of hydrogen-bond acceptors (Lipinski definition) is 4. The summed E-state index contributed by atoms with van der Waals surface area (Å²) in [5, 5.41) is 0. The van der Waals surface area contributed by atoms with Crippen LogP contribution >= 0.6 is 0 Å². The Morgan fingerprint density at radius 3 is 2.20 bits per heavy atom. The van der Waals surface area contributed by atoms with Gasteiger partial charge < -0.3 is 22.4 Å². The van der Waals surface area contributed by atoms with Crippen LogP contribution in [0.5, 0.6) is 11.9 Å². The maximum absolute atomic E-state index is 12.3. The van der Waals surface area contributed by atoms with Crippen LogP contribution in [0.15, 0.2) is 6.20 Å². The Labute approximate surface area is 127 Å². The van der Waals surface area contributed by atoms with Crippen LogP contribution in [0.2, 0.25) is 0 Å². The summed E-state index contributed by atoms with van der Waals surface area (Å²) >= 11 is 0. The molecule has 9 heteroatoms. The number of rotatable bonds is 3. The van der Waals surface area contributed by atoms with E-state index < -0.39 is 18.3 Å². The van der Waals surface area contributed by atoms with Crippen LogP contribution in [0.4, 0.5) is 12.9 Å². The largest absolute Gasteiger partial charge is 1.00 e. The SMILES string of the molecule is COc1ncc([B-](F)(F)F)c(OC)n1.[K+]. The van der Waals surface area contributed by atoms with E-state index in [4.69, 9.17) is 0 Å². The monoisotopic (exact) mass is 246 g/mol. The van der Waals surface area contributed by atoms with E-state index >= 15 is 0 Å². The zero-order valence-corrected chi connectivity index (χ0v) is 11.6. The van der Waals surface area contributed by atoms with Crippen molar-refractivity contribution >= 4 is 12.4 Å². The van der Waals surface area contributed by atoms with Crippen LogP contribution in [-0.4, -0.2) is 31.2 Å². The normalized spacial score (nSPS) is 10.5. The second-order valence-corrected chi connectivity index (χ2v) is 2.40. The van der Waals surface area contributed by atoms with Gasteiger partial charge in [-0.15, -0.1) is 0 Å². The van der Waals surface area contributed by atoms with Gasteiger partial charge in [0.2, 0.25) is 0 Å². The molecule has 0 radical (unpaired) electrons. The second kappa shape index (κ2) is 6.04. The molecule has 0 saturated heterocycles. The van der Waals surface area contributed by atoms with Gasteiger partial charge in [-0.2, -0.15) is 4.98 Å². The van der Waals surface area contributed by atoms with Crippen LogP contribution in [-0.2, 0) is 0 Å². The van der Waals surface area contributed by atoms with Crippen molar-refractivity contribution in [3.8, 4) is 11.9 Å². The van der Waals surface area contributed by atoms with E-state index in [1.807, 2.05) is 0 Å². The van der Waals surface area contributed by atoms with Gasteiger partial charge >= 0.3 is 64.4 Å². The summed E-state index contributed by atoms with van der Waals surface area (Å²) in [7, 11) is 2.36. The molecule has 0 atom stereocenters. The van der Waals surface area contributed by atoms with Crippen molar-refractivity contribution in [1.82, 2.24) is 9.97 Å². The van der Waals surface area contributed by atoms with E-state index in [0.717, 1.165) is 7.11 Å². The van der Waals surface area contributed by atoms with E-state index in [0.29, 0.717) is 6.20 Å². The summed E-state index contributed by atoms with van der Waals surface area (Å²) in [5.74, 6) is -0.524. The van der Waals surface area contributed by atoms with Gasteiger partial charge in [0.1, 0.15) is 0 Å². The summed E-state index contributed by atoms with van der Waals surface area (Å²) < 4.78 is 46.0. The molecule has 15 heavy (non-hydrogen) atoms. The quantitative estimate of drug-likeness (QED) is 0.555. The zero-order chi connectivity index (χ0) is 10.8. The first kappa shape index (κ1) is 15.2. The van der Waals surface area contributed by atoms with Gasteiger partial charge in [0.15, 0.2) is 5.88 Å². The molecule has 78 valence electrons. The molecule has 1 aromatic rings.